The molecule has 1 fully saturated rings. The SMILES string of the molecule is COc1cc(C)ccc1OCC1CCC1. The molecule has 1 aromatic rings. The Balaban J connectivity index is 1.99. The molecular formula is C13H18O2. The second-order valence-corrected chi connectivity index (χ2v) is 4.26. The lowest BCUT2D eigenvalue weighted by molar-refractivity contribution is 0.176. The van der Waals surface area contributed by atoms with Gasteiger partial charge in [-0.1, -0.05) is 12.5 Å². The zero-order valence-corrected chi connectivity index (χ0v) is 9.45. The van der Waals surface area contributed by atoms with Crippen LogP contribution >= 0.6 is 0 Å². The molecule has 1 saturated carbocycles. The van der Waals surface area contributed by atoms with Gasteiger partial charge in [-0.2, -0.15) is 0 Å². The number of benzene rings is 1. The monoisotopic (exact) mass is 206 g/mol. The van der Waals surface area contributed by atoms with Crippen molar-refractivity contribution in [3.8, 4) is 11.5 Å². The van der Waals surface area contributed by atoms with Crippen LogP contribution in [-0.4, -0.2) is 13.7 Å². The van der Waals surface area contributed by atoms with E-state index < -0.39 is 0 Å². The lowest BCUT2D eigenvalue weighted by atomic mass is 9.86. The molecule has 0 saturated heterocycles. The van der Waals surface area contributed by atoms with Gasteiger partial charge in [-0.05, 0) is 43.4 Å². The molecule has 0 N–H and O–H groups in total. The van der Waals surface area contributed by atoms with Crippen LogP contribution in [0.5, 0.6) is 11.5 Å². The fraction of sp³-hybridized carbons (Fsp3) is 0.538. The summed E-state index contributed by atoms with van der Waals surface area (Å²) in [5, 5.41) is 0. The smallest absolute Gasteiger partial charge is 0.161 e. The van der Waals surface area contributed by atoms with Gasteiger partial charge in [0.1, 0.15) is 0 Å². The molecule has 0 spiro atoms. The number of rotatable bonds is 4. The largest absolute Gasteiger partial charge is 0.493 e. The standard InChI is InChI=1S/C13H18O2/c1-10-6-7-12(13(8-10)14-2)15-9-11-4-3-5-11/h6-8,11H,3-5,9H2,1-2H3. The third-order valence-electron chi connectivity index (χ3n) is 3.02. The number of ether oxygens (including phenoxy) is 2. The van der Waals surface area contributed by atoms with Crippen LogP contribution in [0.15, 0.2) is 18.2 Å². The van der Waals surface area contributed by atoms with Crippen LogP contribution in [0.3, 0.4) is 0 Å². The lowest BCUT2D eigenvalue weighted by Crippen LogP contribution is -2.19. The van der Waals surface area contributed by atoms with E-state index in [9.17, 15) is 0 Å². The Hall–Kier alpha value is -1.18. The van der Waals surface area contributed by atoms with Gasteiger partial charge in [0.25, 0.3) is 0 Å². The van der Waals surface area contributed by atoms with Crippen molar-refractivity contribution in [2.75, 3.05) is 13.7 Å². The van der Waals surface area contributed by atoms with Crippen molar-refractivity contribution in [1.82, 2.24) is 0 Å². The fourth-order valence-electron chi connectivity index (χ4n) is 1.76. The minimum atomic E-state index is 0.760. The van der Waals surface area contributed by atoms with Gasteiger partial charge >= 0.3 is 0 Å². The molecule has 1 aromatic carbocycles. The van der Waals surface area contributed by atoms with E-state index in [0.29, 0.717) is 0 Å². The summed E-state index contributed by atoms with van der Waals surface area (Å²) in [6, 6.07) is 6.06. The first-order chi connectivity index (χ1) is 7.29. The van der Waals surface area contributed by atoms with E-state index in [0.717, 1.165) is 24.0 Å². The van der Waals surface area contributed by atoms with E-state index >= 15 is 0 Å². The maximum Gasteiger partial charge on any atom is 0.161 e. The molecule has 0 heterocycles. The first kappa shape index (κ1) is 10.3. The third-order valence-corrected chi connectivity index (χ3v) is 3.02. The second kappa shape index (κ2) is 4.56. The van der Waals surface area contributed by atoms with Gasteiger partial charge < -0.3 is 9.47 Å². The maximum atomic E-state index is 5.76. The Morgan fingerprint density at radius 2 is 2.07 bits per heavy atom. The summed E-state index contributed by atoms with van der Waals surface area (Å²) in [6.07, 6.45) is 3.99. The van der Waals surface area contributed by atoms with Crippen molar-refractivity contribution < 1.29 is 9.47 Å². The quantitative estimate of drug-likeness (QED) is 0.753. The fourth-order valence-corrected chi connectivity index (χ4v) is 1.76. The molecule has 2 heteroatoms. The summed E-state index contributed by atoms with van der Waals surface area (Å²) >= 11 is 0. The average molecular weight is 206 g/mol. The van der Waals surface area contributed by atoms with Crippen molar-refractivity contribution >= 4 is 0 Å². The van der Waals surface area contributed by atoms with Gasteiger partial charge in [0.05, 0.1) is 13.7 Å². The molecule has 0 bridgehead atoms. The Bertz CT molecular complexity index is 329. The van der Waals surface area contributed by atoms with Gasteiger partial charge in [-0.25, -0.2) is 0 Å². The number of methoxy groups -OCH3 is 1. The molecule has 2 rings (SSSR count). The third kappa shape index (κ3) is 2.44. The summed E-state index contributed by atoms with van der Waals surface area (Å²) in [5.74, 6) is 2.47. The first-order valence-electron chi connectivity index (χ1n) is 5.57. The van der Waals surface area contributed by atoms with Crippen molar-refractivity contribution in [3.63, 3.8) is 0 Å². The molecule has 0 unspecified atom stereocenters. The van der Waals surface area contributed by atoms with Gasteiger partial charge in [0.15, 0.2) is 11.5 Å². The highest BCUT2D eigenvalue weighted by molar-refractivity contribution is 5.42. The van der Waals surface area contributed by atoms with Crippen LogP contribution in [-0.2, 0) is 0 Å². The molecule has 1 aliphatic rings. The minimum Gasteiger partial charge on any atom is -0.493 e. The highest BCUT2D eigenvalue weighted by Gasteiger charge is 2.18. The van der Waals surface area contributed by atoms with Gasteiger partial charge in [0.2, 0.25) is 0 Å². The molecule has 0 aliphatic heterocycles. The van der Waals surface area contributed by atoms with Crippen LogP contribution in [0.4, 0.5) is 0 Å². The van der Waals surface area contributed by atoms with Crippen molar-refractivity contribution in [3.05, 3.63) is 23.8 Å². The van der Waals surface area contributed by atoms with Crippen molar-refractivity contribution in [2.24, 2.45) is 5.92 Å². The van der Waals surface area contributed by atoms with E-state index in [1.807, 2.05) is 12.1 Å². The predicted octanol–water partition coefficient (Wildman–Crippen LogP) is 3.18. The van der Waals surface area contributed by atoms with E-state index in [1.165, 1.54) is 24.8 Å². The molecule has 82 valence electrons. The predicted molar refractivity (Wildman–Crippen MR) is 60.6 cm³/mol. The minimum absolute atomic E-state index is 0.760. The lowest BCUT2D eigenvalue weighted by Gasteiger charge is -2.25. The summed E-state index contributed by atoms with van der Waals surface area (Å²) in [7, 11) is 1.69. The Morgan fingerprint density at radius 3 is 2.67 bits per heavy atom. The Morgan fingerprint density at radius 1 is 1.27 bits per heavy atom. The normalized spacial score (nSPS) is 15.9. The molecule has 0 atom stereocenters. The number of aryl methyl sites for hydroxylation is 1. The van der Waals surface area contributed by atoms with Gasteiger partial charge in [0, 0.05) is 0 Å². The second-order valence-electron chi connectivity index (χ2n) is 4.26. The van der Waals surface area contributed by atoms with E-state index in [2.05, 4.69) is 13.0 Å². The topological polar surface area (TPSA) is 18.5 Å². The molecule has 0 amide bonds. The number of hydrogen-bond acceptors (Lipinski definition) is 2. The zero-order valence-electron chi connectivity index (χ0n) is 9.45. The van der Waals surface area contributed by atoms with Crippen LogP contribution in [0.1, 0.15) is 24.8 Å². The van der Waals surface area contributed by atoms with Crippen LogP contribution < -0.4 is 9.47 Å². The highest BCUT2D eigenvalue weighted by Crippen LogP contribution is 2.31. The first-order valence-corrected chi connectivity index (χ1v) is 5.57. The van der Waals surface area contributed by atoms with Crippen molar-refractivity contribution in [1.29, 1.82) is 0 Å². The van der Waals surface area contributed by atoms with Crippen LogP contribution in [0.25, 0.3) is 0 Å². The molecule has 1 aliphatic carbocycles. The van der Waals surface area contributed by atoms with Crippen LogP contribution in [0.2, 0.25) is 0 Å². The summed E-state index contributed by atoms with van der Waals surface area (Å²) in [6.45, 7) is 2.89. The van der Waals surface area contributed by atoms with E-state index in [1.54, 1.807) is 7.11 Å². The molecule has 0 aromatic heterocycles. The molecule has 0 radical (unpaired) electrons. The summed E-state index contributed by atoms with van der Waals surface area (Å²) < 4.78 is 11.0. The summed E-state index contributed by atoms with van der Waals surface area (Å²) in [5.41, 5.74) is 1.20. The number of hydrogen-bond donors (Lipinski definition) is 0. The van der Waals surface area contributed by atoms with E-state index in [4.69, 9.17) is 9.47 Å². The van der Waals surface area contributed by atoms with E-state index in [-0.39, 0.29) is 0 Å². The molecule has 15 heavy (non-hydrogen) atoms. The van der Waals surface area contributed by atoms with Crippen LogP contribution in [0, 0.1) is 12.8 Å². The summed E-state index contributed by atoms with van der Waals surface area (Å²) in [4.78, 5) is 0. The Labute approximate surface area is 91.2 Å². The van der Waals surface area contributed by atoms with Crippen molar-refractivity contribution in [2.45, 2.75) is 26.2 Å². The Kier molecular flexibility index (Phi) is 3.14. The molecular weight excluding hydrogens is 188 g/mol. The van der Waals surface area contributed by atoms with Gasteiger partial charge in [-0.15, -0.1) is 0 Å². The highest BCUT2D eigenvalue weighted by atomic mass is 16.5. The molecule has 2 nitrogen and oxygen atoms in total. The van der Waals surface area contributed by atoms with Gasteiger partial charge in [-0.3, -0.25) is 0 Å². The zero-order chi connectivity index (χ0) is 10.7. The average Bonchev–Trinajstić information content (AvgIpc) is 2.17. The maximum absolute atomic E-state index is 5.76.